The highest BCUT2D eigenvalue weighted by Gasteiger charge is 2.06. The van der Waals surface area contributed by atoms with Crippen molar-refractivity contribution >= 4 is 11.8 Å². The minimum Gasteiger partial charge on any atom is -0.326 e. The van der Waals surface area contributed by atoms with E-state index in [1.807, 2.05) is 12.1 Å². The average Bonchev–Trinajstić information content (AvgIpc) is 2.26. The maximum absolute atomic E-state index is 13.5. The van der Waals surface area contributed by atoms with Crippen molar-refractivity contribution in [2.45, 2.75) is 31.7 Å². The Morgan fingerprint density at radius 1 is 1.47 bits per heavy atom. The fourth-order valence-corrected chi connectivity index (χ4v) is 2.20. The zero-order chi connectivity index (χ0) is 11.3. The third-order valence-corrected chi connectivity index (χ3v) is 3.83. The Hall–Kier alpha value is -0.540. The standard InChI is InChI=1S/C12H18FNS/c1-3-9(2)8-15-12-5-4-10(7-14)6-11(12)13/h4-6,9H,3,7-8,14H2,1-2H3. The molecule has 3 heteroatoms. The van der Waals surface area contributed by atoms with Gasteiger partial charge in [0.1, 0.15) is 5.82 Å². The fraction of sp³-hybridized carbons (Fsp3) is 0.500. The second-order valence-electron chi connectivity index (χ2n) is 3.79. The van der Waals surface area contributed by atoms with Crippen LogP contribution >= 0.6 is 11.8 Å². The highest BCUT2D eigenvalue weighted by molar-refractivity contribution is 7.99. The molecule has 1 nitrogen and oxygen atoms in total. The molecule has 0 bridgehead atoms. The summed E-state index contributed by atoms with van der Waals surface area (Å²) in [4.78, 5) is 0.729. The van der Waals surface area contributed by atoms with Crippen molar-refractivity contribution in [3.05, 3.63) is 29.6 Å². The molecule has 1 aromatic rings. The molecule has 15 heavy (non-hydrogen) atoms. The monoisotopic (exact) mass is 227 g/mol. The van der Waals surface area contributed by atoms with E-state index in [4.69, 9.17) is 5.73 Å². The molecule has 0 aliphatic rings. The van der Waals surface area contributed by atoms with E-state index in [9.17, 15) is 4.39 Å². The quantitative estimate of drug-likeness (QED) is 0.780. The summed E-state index contributed by atoms with van der Waals surface area (Å²) in [5.41, 5.74) is 6.29. The van der Waals surface area contributed by atoms with E-state index < -0.39 is 0 Å². The van der Waals surface area contributed by atoms with Crippen LogP contribution in [0.3, 0.4) is 0 Å². The number of hydrogen-bond acceptors (Lipinski definition) is 2. The minimum absolute atomic E-state index is 0.147. The summed E-state index contributed by atoms with van der Waals surface area (Å²) in [5.74, 6) is 1.45. The van der Waals surface area contributed by atoms with E-state index in [0.29, 0.717) is 12.5 Å². The van der Waals surface area contributed by atoms with E-state index in [1.165, 1.54) is 6.07 Å². The summed E-state index contributed by atoms with van der Waals surface area (Å²) in [7, 11) is 0. The SMILES string of the molecule is CCC(C)CSc1ccc(CN)cc1F. The molecule has 0 radical (unpaired) electrons. The van der Waals surface area contributed by atoms with Gasteiger partial charge in [0.2, 0.25) is 0 Å². The number of halogens is 1. The summed E-state index contributed by atoms with van der Waals surface area (Å²) >= 11 is 1.58. The maximum atomic E-state index is 13.5. The Labute approximate surface area is 95.2 Å². The molecule has 84 valence electrons. The van der Waals surface area contributed by atoms with Gasteiger partial charge in [-0.2, -0.15) is 0 Å². The molecular formula is C12H18FNS. The van der Waals surface area contributed by atoms with Crippen LogP contribution in [0.1, 0.15) is 25.8 Å². The third kappa shape index (κ3) is 3.84. The van der Waals surface area contributed by atoms with Gasteiger partial charge in [0.05, 0.1) is 0 Å². The largest absolute Gasteiger partial charge is 0.326 e. The first-order chi connectivity index (χ1) is 7.17. The molecule has 1 aromatic carbocycles. The van der Waals surface area contributed by atoms with Crippen molar-refractivity contribution in [1.82, 2.24) is 0 Å². The van der Waals surface area contributed by atoms with Crippen LogP contribution in [0.5, 0.6) is 0 Å². The van der Waals surface area contributed by atoms with Gasteiger partial charge in [-0.25, -0.2) is 4.39 Å². The number of rotatable bonds is 5. The van der Waals surface area contributed by atoms with Crippen molar-refractivity contribution in [3.8, 4) is 0 Å². The number of hydrogen-bond donors (Lipinski definition) is 1. The molecule has 0 aliphatic heterocycles. The molecule has 2 N–H and O–H groups in total. The molecule has 0 saturated carbocycles. The van der Waals surface area contributed by atoms with Gasteiger partial charge in [-0.05, 0) is 23.6 Å². The number of benzene rings is 1. The molecule has 0 amide bonds. The molecule has 1 atom stereocenters. The van der Waals surface area contributed by atoms with Gasteiger partial charge >= 0.3 is 0 Å². The zero-order valence-electron chi connectivity index (χ0n) is 9.29. The van der Waals surface area contributed by atoms with Crippen molar-refractivity contribution in [2.75, 3.05) is 5.75 Å². The van der Waals surface area contributed by atoms with Gasteiger partial charge in [-0.15, -0.1) is 11.8 Å². The predicted molar refractivity (Wildman–Crippen MR) is 64.5 cm³/mol. The van der Waals surface area contributed by atoms with Crippen LogP contribution in [-0.4, -0.2) is 5.75 Å². The lowest BCUT2D eigenvalue weighted by Crippen LogP contribution is -1.99. The lowest BCUT2D eigenvalue weighted by atomic mass is 10.2. The van der Waals surface area contributed by atoms with Crippen molar-refractivity contribution in [2.24, 2.45) is 11.7 Å². The third-order valence-electron chi connectivity index (χ3n) is 2.45. The van der Waals surface area contributed by atoms with Crippen LogP contribution in [-0.2, 0) is 6.54 Å². The zero-order valence-corrected chi connectivity index (χ0v) is 10.1. The normalized spacial score (nSPS) is 12.8. The summed E-state index contributed by atoms with van der Waals surface area (Å²) in [6, 6.07) is 5.24. The van der Waals surface area contributed by atoms with Gasteiger partial charge in [0.25, 0.3) is 0 Å². The summed E-state index contributed by atoms with van der Waals surface area (Å²) in [6.45, 7) is 4.73. The first-order valence-corrected chi connectivity index (χ1v) is 6.27. The van der Waals surface area contributed by atoms with Crippen molar-refractivity contribution < 1.29 is 4.39 Å². The smallest absolute Gasteiger partial charge is 0.137 e. The molecule has 0 fully saturated rings. The lowest BCUT2D eigenvalue weighted by Gasteiger charge is -2.09. The van der Waals surface area contributed by atoms with E-state index in [2.05, 4.69) is 13.8 Å². The Bertz CT molecular complexity index is 314. The molecule has 0 heterocycles. The molecule has 0 aliphatic carbocycles. The highest BCUT2D eigenvalue weighted by Crippen LogP contribution is 2.25. The van der Waals surface area contributed by atoms with E-state index in [1.54, 1.807) is 11.8 Å². The first kappa shape index (κ1) is 12.5. The van der Waals surface area contributed by atoms with Crippen molar-refractivity contribution in [3.63, 3.8) is 0 Å². The first-order valence-electron chi connectivity index (χ1n) is 5.28. The van der Waals surface area contributed by atoms with E-state index in [0.717, 1.165) is 22.6 Å². The van der Waals surface area contributed by atoms with Crippen LogP contribution < -0.4 is 5.73 Å². The topological polar surface area (TPSA) is 26.0 Å². The van der Waals surface area contributed by atoms with Crippen LogP contribution in [0.2, 0.25) is 0 Å². The maximum Gasteiger partial charge on any atom is 0.137 e. The number of thioether (sulfide) groups is 1. The fourth-order valence-electron chi connectivity index (χ4n) is 1.14. The Morgan fingerprint density at radius 3 is 2.73 bits per heavy atom. The average molecular weight is 227 g/mol. The van der Waals surface area contributed by atoms with Crippen LogP contribution in [0.25, 0.3) is 0 Å². The second-order valence-corrected chi connectivity index (χ2v) is 4.86. The van der Waals surface area contributed by atoms with Gasteiger partial charge in [-0.1, -0.05) is 26.3 Å². The Balaban J connectivity index is 2.62. The summed E-state index contributed by atoms with van der Waals surface area (Å²) in [5, 5.41) is 0. The molecular weight excluding hydrogens is 209 g/mol. The van der Waals surface area contributed by atoms with Crippen LogP contribution in [0, 0.1) is 11.7 Å². The van der Waals surface area contributed by atoms with Crippen molar-refractivity contribution in [1.29, 1.82) is 0 Å². The highest BCUT2D eigenvalue weighted by atomic mass is 32.2. The summed E-state index contributed by atoms with van der Waals surface area (Å²) in [6.07, 6.45) is 1.13. The van der Waals surface area contributed by atoms with E-state index in [-0.39, 0.29) is 5.82 Å². The molecule has 1 rings (SSSR count). The summed E-state index contributed by atoms with van der Waals surface area (Å²) < 4.78 is 13.5. The molecule has 0 saturated heterocycles. The molecule has 0 spiro atoms. The van der Waals surface area contributed by atoms with Crippen LogP contribution in [0.4, 0.5) is 4.39 Å². The minimum atomic E-state index is -0.147. The Kier molecular flexibility index (Phi) is 5.12. The van der Waals surface area contributed by atoms with Gasteiger partial charge in [-0.3, -0.25) is 0 Å². The predicted octanol–water partition coefficient (Wildman–Crippen LogP) is 3.42. The Morgan fingerprint density at radius 2 is 2.20 bits per heavy atom. The number of nitrogens with two attached hydrogens (primary N) is 1. The van der Waals surface area contributed by atoms with Gasteiger partial charge in [0.15, 0.2) is 0 Å². The van der Waals surface area contributed by atoms with Gasteiger partial charge < -0.3 is 5.73 Å². The van der Waals surface area contributed by atoms with Gasteiger partial charge in [0, 0.05) is 17.2 Å². The van der Waals surface area contributed by atoms with E-state index >= 15 is 0 Å². The second kappa shape index (κ2) is 6.13. The lowest BCUT2D eigenvalue weighted by molar-refractivity contribution is 0.597. The molecule has 0 aromatic heterocycles. The molecule has 1 unspecified atom stereocenters. The van der Waals surface area contributed by atoms with Crippen LogP contribution in [0.15, 0.2) is 23.1 Å².